The Hall–Kier alpha value is -1.79. The van der Waals surface area contributed by atoms with E-state index in [-0.39, 0.29) is 10.6 Å². The molecule has 0 unspecified atom stereocenters. The van der Waals surface area contributed by atoms with Crippen LogP contribution >= 0.6 is 11.3 Å². The van der Waals surface area contributed by atoms with Crippen LogP contribution in [0.2, 0.25) is 0 Å². The van der Waals surface area contributed by atoms with Gasteiger partial charge in [0.25, 0.3) is 5.69 Å². The van der Waals surface area contributed by atoms with Crippen molar-refractivity contribution in [2.75, 3.05) is 6.54 Å². The zero-order valence-corrected chi connectivity index (χ0v) is 10.5. The van der Waals surface area contributed by atoms with Crippen LogP contribution in [0, 0.1) is 10.1 Å². The van der Waals surface area contributed by atoms with E-state index in [4.69, 9.17) is 0 Å². The minimum absolute atomic E-state index is 0.134. The van der Waals surface area contributed by atoms with Gasteiger partial charge in [-0.1, -0.05) is 12.1 Å². The third kappa shape index (κ3) is 3.61. The third-order valence-corrected chi connectivity index (χ3v) is 3.29. The predicted molar refractivity (Wildman–Crippen MR) is 70.6 cm³/mol. The number of aromatic nitrogens is 1. The first-order chi connectivity index (χ1) is 8.75. The first-order valence-corrected chi connectivity index (χ1v) is 6.46. The van der Waals surface area contributed by atoms with Crippen molar-refractivity contribution < 1.29 is 4.92 Å². The Kier molecular flexibility index (Phi) is 4.38. The highest BCUT2D eigenvalue weighted by molar-refractivity contribution is 7.09. The van der Waals surface area contributed by atoms with Gasteiger partial charge in [-0.2, -0.15) is 0 Å². The van der Waals surface area contributed by atoms with Crippen LogP contribution in [0.15, 0.2) is 35.8 Å². The molecule has 5 nitrogen and oxygen atoms in total. The van der Waals surface area contributed by atoms with Crippen LogP contribution in [-0.4, -0.2) is 16.5 Å². The number of nitro groups is 1. The minimum Gasteiger partial charge on any atom is -0.312 e. The lowest BCUT2D eigenvalue weighted by Crippen LogP contribution is -2.16. The highest BCUT2D eigenvalue weighted by Crippen LogP contribution is 2.12. The Bertz CT molecular complexity index is 514. The molecule has 1 aromatic carbocycles. The molecule has 0 radical (unpaired) electrons. The van der Waals surface area contributed by atoms with Gasteiger partial charge in [0.1, 0.15) is 0 Å². The summed E-state index contributed by atoms with van der Waals surface area (Å²) in [5.74, 6) is 0. The molecule has 0 saturated carbocycles. The molecule has 6 heteroatoms. The van der Waals surface area contributed by atoms with Crippen LogP contribution in [0.25, 0.3) is 0 Å². The molecule has 94 valence electrons. The first-order valence-electron chi connectivity index (χ1n) is 5.58. The van der Waals surface area contributed by atoms with Gasteiger partial charge in [0.05, 0.1) is 9.93 Å². The van der Waals surface area contributed by atoms with E-state index in [0.717, 1.165) is 23.5 Å². The molecule has 2 rings (SSSR count). The summed E-state index contributed by atoms with van der Waals surface area (Å²) >= 11 is 1.64. The first kappa shape index (κ1) is 12.7. The number of nitro benzene ring substituents is 1. The molecular weight excluding hydrogens is 250 g/mol. The van der Waals surface area contributed by atoms with Crippen molar-refractivity contribution in [2.24, 2.45) is 0 Å². The standard InChI is InChI=1S/C12H13N3O2S/c16-15(17)11-3-1-2-10(8-11)9-13-5-4-12-14-6-7-18-12/h1-3,6-8,13H,4-5,9H2. The molecule has 0 amide bonds. The molecule has 0 bridgehead atoms. The van der Waals surface area contributed by atoms with Crippen molar-refractivity contribution in [2.45, 2.75) is 13.0 Å². The molecule has 1 N–H and O–H groups in total. The van der Waals surface area contributed by atoms with E-state index in [1.54, 1.807) is 29.7 Å². The van der Waals surface area contributed by atoms with Gasteiger partial charge < -0.3 is 5.32 Å². The van der Waals surface area contributed by atoms with Crippen LogP contribution in [0.5, 0.6) is 0 Å². The SMILES string of the molecule is O=[N+]([O-])c1cccc(CNCCc2nccs2)c1. The maximum absolute atomic E-state index is 10.6. The van der Waals surface area contributed by atoms with Gasteiger partial charge in [0.15, 0.2) is 0 Å². The van der Waals surface area contributed by atoms with Crippen molar-refractivity contribution >= 4 is 17.0 Å². The van der Waals surface area contributed by atoms with E-state index >= 15 is 0 Å². The fraction of sp³-hybridized carbons (Fsp3) is 0.250. The number of hydrogen-bond donors (Lipinski definition) is 1. The van der Waals surface area contributed by atoms with E-state index < -0.39 is 0 Å². The van der Waals surface area contributed by atoms with Gasteiger partial charge in [-0.05, 0) is 5.56 Å². The van der Waals surface area contributed by atoms with Gasteiger partial charge in [0.2, 0.25) is 0 Å². The largest absolute Gasteiger partial charge is 0.312 e. The number of benzene rings is 1. The second-order valence-corrected chi connectivity index (χ2v) is 4.76. The van der Waals surface area contributed by atoms with Crippen molar-refractivity contribution in [3.63, 3.8) is 0 Å². The fourth-order valence-corrected chi connectivity index (χ4v) is 2.20. The summed E-state index contributed by atoms with van der Waals surface area (Å²) in [6.45, 7) is 1.45. The van der Waals surface area contributed by atoms with E-state index in [1.165, 1.54) is 6.07 Å². The summed E-state index contributed by atoms with van der Waals surface area (Å²) in [6.07, 6.45) is 2.67. The van der Waals surface area contributed by atoms with Crippen LogP contribution in [0.4, 0.5) is 5.69 Å². The molecule has 0 aliphatic heterocycles. The van der Waals surface area contributed by atoms with Crippen LogP contribution in [0.3, 0.4) is 0 Å². The zero-order chi connectivity index (χ0) is 12.8. The van der Waals surface area contributed by atoms with Crippen molar-refractivity contribution in [3.8, 4) is 0 Å². The molecule has 0 saturated heterocycles. The average molecular weight is 263 g/mol. The van der Waals surface area contributed by atoms with E-state index in [1.807, 2.05) is 11.4 Å². The van der Waals surface area contributed by atoms with Crippen molar-refractivity contribution in [1.82, 2.24) is 10.3 Å². The van der Waals surface area contributed by atoms with E-state index in [9.17, 15) is 10.1 Å². The number of nitrogens with one attached hydrogen (secondary N) is 1. The Morgan fingerprint density at radius 2 is 2.33 bits per heavy atom. The summed E-state index contributed by atoms with van der Waals surface area (Å²) in [4.78, 5) is 14.4. The second kappa shape index (κ2) is 6.23. The van der Waals surface area contributed by atoms with E-state index in [2.05, 4.69) is 10.3 Å². The molecule has 18 heavy (non-hydrogen) atoms. The predicted octanol–water partition coefficient (Wildman–Crippen LogP) is 2.38. The molecule has 0 aliphatic rings. The lowest BCUT2D eigenvalue weighted by molar-refractivity contribution is -0.384. The maximum Gasteiger partial charge on any atom is 0.269 e. The molecule has 1 heterocycles. The monoisotopic (exact) mass is 263 g/mol. The number of hydrogen-bond acceptors (Lipinski definition) is 5. The Labute approximate surface area is 109 Å². The molecular formula is C12H13N3O2S. The van der Waals surface area contributed by atoms with Gasteiger partial charge in [-0.3, -0.25) is 10.1 Å². The summed E-state index contributed by atoms with van der Waals surface area (Å²) in [6, 6.07) is 6.68. The molecule has 0 fully saturated rings. The molecule has 0 aliphatic carbocycles. The van der Waals surface area contributed by atoms with Gasteiger partial charge in [0, 0.05) is 43.2 Å². The molecule has 2 aromatic rings. The minimum atomic E-state index is -0.376. The number of rotatable bonds is 6. The number of non-ortho nitro benzene ring substituents is 1. The lowest BCUT2D eigenvalue weighted by atomic mass is 10.2. The summed E-state index contributed by atoms with van der Waals surface area (Å²) in [7, 11) is 0. The second-order valence-electron chi connectivity index (χ2n) is 3.78. The Morgan fingerprint density at radius 3 is 3.06 bits per heavy atom. The van der Waals surface area contributed by atoms with Crippen molar-refractivity contribution in [1.29, 1.82) is 0 Å². The van der Waals surface area contributed by atoms with Crippen LogP contribution in [-0.2, 0) is 13.0 Å². The summed E-state index contributed by atoms with van der Waals surface area (Å²) in [5, 5.41) is 16.9. The quantitative estimate of drug-likeness (QED) is 0.493. The highest BCUT2D eigenvalue weighted by Gasteiger charge is 2.05. The number of nitrogens with zero attached hydrogens (tertiary/aromatic N) is 2. The summed E-state index contributed by atoms with van der Waals surface area (Å²) < 4.78 is 0. The maximum atomic E-state index is 10.6. The van der Waals surface area contributed by atoms with Gasteiger partial charge in [-0.15, -0.1) is 11.3 Å². The number of thiazole rings is 1. The summed E-state index contributed by atoms with van der Waals surface area (Å²) in [5.41, 5.74) is 1.05. The van der Waals surface area contributed by atoms with Gasteiger partial charge in [-0.25, -0.2) is 4.98 Å². The Morgan fingerprint density at radius 1 is 1.44 bits per heavy atom. The molecule has 1 aromatic heterocycles. The van der Waals surface area contributed by atoms with Crippen molar-refractivity contribution in [3.05, 3.63) is 56.5 Å². The third-order valence-electron chi connectivity index (χ3n) is 2.45. The normalized spacial score (nSPS) is 10.4. The van der Waals surface area contributed by atoms with Crippen LogP contribution in [0.1, 0.15) is 10.6 Å². The zero-order valence-electron chi connectivity index (χ0n) is 9.70. The smallest absolute Gasteiger partial charge is 0.269 e. The average Bonchev–Trinajstić information content (AvgIpc) is 2.88. The topological polar surface area (TPSA) is 68.1 Å². The Balaban J connectivity index is 1.79. The van der Waals surface area contributed by atoms with Crippen LogP contribution < -0.4 is 5.32 Å². The lowest BCUT2D eigenvalue weighted by Gasteiger charge is -2.03. The van der Waals surface area contributed by atoms with E-state index in [0.29, 0.717) is 6.54 Å². The molecule has 0 spiro atoms. The fourth-order valence-electron chi connectivity index (χ4n) is 1.58. The molecule has 0 atom stereocenters. The van der Waals surface area contributed by atoms with Gasteiger partial charge >= 0.3 is 0 Å². The highest BCUT2D eigenvalue weighted by atomic mass is 32.1.